The van der Waals surface area contributed by atoms with Crippen LogP contribution in [0.25, 0.3) is 10.8 Å². The van der Waals surface area contributed by atoms with Gasteiger partial charge in [-0.3, -0.25) is 14.8 Å². The molecule has 0 unspecified atom stereocenters. The zero-order chi connectivity index (χ0) is 14.8. The van der Waals surface area contributed by atoms with Gasteiger partial charge in [-0.2, -0.15) is 0 Å². The number of amides is 1. The SMILES string of the molecule is Cc1cc(N)c(C(=O)Nc2cccc3ccncc23)cn1. The van der Waals surface area contributed by atoms with Crippen LogP contribution in [0.3, 0.4) is 0 Å². The fourth-order valence-electron chi connectivity index (χ4n) is 2.18. The smallest absolute Gasteiger partial charge is 0.259 e. The number of carbonyl (C=O) groups excluding carboxylic acids is 1. The second-order valence-corrected chi connectivity index (χ2v) is 4.77. The Balaban J connectivity index is 1.97. The van der Waals surface area contributed by atoms with Crippen molar-refractivity contribution in [3.63, 3.8) is 0 Å². The van der Waals surface area contributed by atoms with Crippen LogP contribution in [0, 0.1) is 6.92 Å². The number of aromatic nitrogens is 2. The van der Waals surface area contributed by atoms with E-state index in [1.807, 2.05) is 31.2 Å². The first-order valence-electron chi connectivity index (χ1n) is 6.51. The van der Waals surface area contributed by atoms with Crippen molar-refractivity contribution in [3.8, 4) is 0 Å². The number of nitrogens with two attached hydrogens (primary N) is 1. The highest BCUT2D eigenvalue weighted by molar-refractivity contribution is 6.11. The number of aryl methyl sites for hydroxylation is 1. The molecule has 3 aromatic rings. The molecule has 0 bridgehead atoms. The molecule has 104 valence electrons. The monoisotopic (exact) mass is 278 g/mol. The third-order valence-corrected chi connectivity index (χ3v) is 3.25. The third-order valence-electron chi connectivity index (χ3n) is 3.25. The minimum atomic E-state index is -0.281. The number of pyridine rings is 2. The molecule has 1 aromatic carbocycles. The van der Waals surface area contributed by atoms with Gasteiger partial charge < -0.3 is 11.1 Å². The van der Waals surface area contributed by atoms with Gasteiger partial charge >= 0.3 is 0 Å². The number of rotatable bonds is 2. The lowest BCUT2D eigenvalue weighted by Gasteiger charge is -2.10. The van der Waals surface area contributed by atoms with Crippen molar-refractivity contribution in [1.29, 1.82) is 0 Å². The van der Waals surface area contributed by atoms with E-state index in [1.165, 1.54) is 6.20 Å². The summed E-state index contributed by atoms with van der Waals surface area (Å²) < 4.78 is 0. The van der Waals surface area contributed by atoms with Crippen molar-refractivity contribution in [1.82, 2.24) is 9.97 Å². The lowest BCUT2D eigenvalue weighted by Crippen LogP contribution is -2.15. The van der Waals surface area contributed by atoms with Gasteiger partial charge in [-0.1, -0.05) is 12.1 Å². The van der Waals surface area contributed by atoms with Gasteiger partial charge in [-0.05, 0) is 30.5 Å². The quantitative estimate of drug-likeness (QED) is 0.755. The van der Waals surface area contributed by atoms with Gasteiger partial charge in [0.15, 0.2) is 0 Å². The number of hydrogen-bond donors (Lipinski definition) is 2. The Labute approximate surface area is 121 Å². The normalized spacial score (nSPS) is 10.5. The maximum Gasteiger partial charge on any atom is 0.259 e. The number of benzene rings is 1. The number of nitrogens with zero attached hydrogens (tertiary/aromatic N) is 2. The number of anilines is 2. The zero-order valence-corrected chi connectivity index (χ0v) is 11.5. The van der Waals surface area contributed by atoms with Crippen LogP contribution in [0.4, 0.5) is 11.4 Å². The molecule has 2 heterocycles. The second kappa shape index (κ2) is 5.20. The summed E-state index contributed by atoms with van der Waals surface area (Å²) in [5.74, 6) is -0.281. The molecule has 0 atom stereocenters. The van der Waals surface area contributed by atoms with Crippen LogP contribution in [0.5, 0.6) is 0 Å². The molecule has 2 aromatic heterocycles. The van der Waals surface area contributed by atoms with Gasteiger partial charge in [0.1, 0.15) is 0 Å². The number of nitrogen functional groups attached to an aromatic ring is 1. The van der Waals surface area contributed by atoms with E-state index in [-0.39, 0.29) is 5.91 Å². The van der Waals surface area contributed by atoms with Crippen molar-refractivity contribution >= 4 is 28.1 Å². The van der Waals surface area contributed by atoms with Gasteiger partial charge in [0, 0.05) is 35.4 Å². The van der Waals surface area contributed by atoms with Crippen molar-refractivity contribution in [2.75, 3.05) is 11.1 Å². The van der Waals surface area contributed by atoms with E-state index in [9.17, 15) is 4.79 Å². The summed E-state index contributed by atoms with van der Waals surface area (Å²) in [5.41, 5.74) is 8.13. The average Bonchev–Trinajstić information content (AvgIpc) is 2.47. The Morgan fingerprint density at radius 3 is 2.90 bits per heavy atom. The predicted octanol–water partition coefficient (Wildman–Crippen LogP) is 2.77. The van der Waals surface area contributed by atoms with E-state index in [4.69, 9.17) is 5.73 Å². The summed E-state index contributed by atoms with van der Waals surface area (Å²) in [7, 11) is 0. The third kappa shape index (κ3) is 2.53. The van der Waals surface area contributed by atoms with E-state index in [0.29, 0.717) is 16.9 Å². The fourth-order valence-corrected chi connectivity index (χ4v) is 2.18. The fraction of sp³-hybridized carbons (Fsp3) is 0.0625. The van der Waals surface area contributed by atoms with E-state index >= 15 is 0 Å². The van der Waals surface area contributed by atoms with E-state index in [1.54, 1.807) is 18.5 Å². The first kappa shape index (κ1) is 13.1. The summed E-state index contributed by atoms with van der Waals surface area (Å²) in [6.45, 7) is 1.83. The summed E-state index contributed by atoms with van der Waals surface area (Å²) in [5, 5.41) is 4.76. The van der Waals surface area contributed by atoms with Gasteiger partial charge in [0.05, 0.1) is 11.3 Å². The van der Waals surface area contributed by atoms with E-state index in [2.05, 4.69) is 15.3 Å². The minimum Gasteiger partial charge on any atom is -0.398 e. The topological polar surface area (TPSA) is 80.9 Å². The number of fused-ring (bicyclic) bond motifs is 1. The maximum atomic E-state index is 12.3. The van der Waals surface area contributed by atoms with E-state index < -0.39 is 0 Å². The van der Waals surface area contributed by atoms with E-state index in [0.717, 1.165) is 16.5 Å². The molecular weight excluding hydrogens is 264 g/mol. The Bertz CT molecular complexity index is 824. The molecule has 5 heteroatoms. The zero-order valence-electron chi connectivity index (χ0n) is 11.5. The number of hydrogen-bond acceptors (Lipinski definition) is 4. The highest BCUT2D eigenvalue weighted by Crippen LogP contribution is 2.23. The molecule has 3 rings (SSSR count). The molecular formula is C16H14N4O. The molecule has 0 saturated carbocycles. The predicted molar refractivity (Wildman–Crippen MR) is 83.1 cm³/mol. The molecule has 21 heavy (non-hydrogen) atoms. The molecule has 0 saturated heterocycles. The summed E-state index contributed by atoms with van der Waals surface area (Å²) in [6, 6.07) is 9.26. The molecule has 0 aliphatic heterocycles. The van der Waals surface area contributed by atoms with Gasteiger partial charge in [0.2, 0.25) is 0 Å². The van der Waals surface area contributed by atoms with Crippen LogP contribution in [0.1, 0.15) is 16.1 Å². The lowest BCUT2D eigenvalue weighted by molar-refractivity contribution is 0.102. The summed E-state index contributed by atoms with van der Waals surface area (Å²) in [6.07, 6.45) is 4.93. The van der Waals surface area contributed by atoms with Crippen LogP contribution in [-0.2, 0) is 0 Å². The second-order valence-electron chi connectivity index (χ2n) is 4.77. The molecule has 1 amide bonds. The highest BCUT2D eigenvalue weighted by atomic mass is 16.1. The molecule has 3 N–H and O–H groups in total. The van der Waals surface area contributed by atoms with Crippen LogP contribution in [0.2, 0.25) is 0 Å². The van der Waals surface area contributed by atoms with Crippen molar-refractivity contribution < 1.29 is 4.79 Å². The molecule has 0 aliphatic carbocycles. The van der Waals surface area contributed by atoms with Crippen molar-refractivity contribution in [3.05, 3.63) is 60.2 Å². The highest BCUT2D eigenvalue weighted by Gasteiger charge is 2.12. The Kier molecular flexibility index (Phi) is 3.23. The Morgan fingerprint density at radius 2 is 2.10 bits per heavy atom. The molecule has 0 spiro atoms. The molecule has 5 nitrogen and oxygen atoms in total. The van der Waals surface area contributed by atoms with Crippen LogP contribution in [0.15, 0.2) is 48.9 Å². The molecule has 0 aliphatic rings. The summed E-state index contributed by atoms with van der Waals surface area (Å²) >= 11 is 0. The molecule has 0 radical (unpaired) electrons. The minimum absolute atomic E-state index is 0.281. The standard InChI is InChI=1S/C16H14N4O/c1-10-7-14(17)13(9-19-10)16(21)20-15-4-2-3-11-5-6-18-8-12(11)15/h2-9H,1H3,(H2,17,19)(H,20,21). The van der Waals surface area contributed by atoms with Crippen LogP contribution in [-0.4, -0.2) is 15.9 Å². The Hall–Kier alpha value is -2.95. The largest absolute Gasteiger partial charge is 0.398 e. The maximum absolute atomic E-state index is 12.3. The first-order chi connectivity index (χ1) is 10.1. The van der Waals surface area contributed by atoms with Crippen molar-refractivity contribution in [2.45, 2.75) is 6.92 Å². The van der Waals surface area contributed by atoms with Gasteiger partial charge in [-0.25, -0.2) is 0 Å². The lowest BCUT2D eigenvalue weighted by atomic mass is 10.1. The molecule has 0 fully saturated rings. The number of nitrogens with one attached hydrogen (secondary N) is 1. The van der Waals surface area contributed by atoms with Gasteiger partial charge in [-0.15, -0.1) is 0 Å². The van der Waals surface area contributed by atoms with Crippen LogP contribution >= 0.6 is 0 Å². The summed E-state index contributed by atoms with van der Waals surface area (Å²) in [4.78, 5) is 20.5. The van der Waals surface area contributed by atoms with Crippen molar-refractivity contribution in [2.24, 2.45) is 0 Å². The van der Waals surface area contributed by atoms with Crippen LogP contribution < -0.4 is 11.1 Å². The van der Waals surface area contributed by atoms with Gasteiger partial charge in [0.25, 0.3) is 5.91 Å². The Morgan fingerprint density at radius 1 is 1.24 bits per heavy atom. The average molecular weight is 278 g/mol. The number of carbonyl (C=O) groups is 1. The first-order valence-corrected chi connectivity index (χ1v) is 6.51.